The van der Waals surface area contributed by atoms with Crippen molar-refractivity contribution in [3.8, 4) is 20.2 Å². The minimum absolute atomic E-state index is 0.0349. The van der Waals surface area contributed by atoms with Crippen LogP contribution in [0.2, 0.25) is 0 Å². The number of amides is 1. The number of hydrogen-bond acceptors (Lipinski definition) is 9. The van der Waals surface area contributed by atoms with Crippen LogP contribution in [-0.4, -0.2) is 34.0 Å². The highest BCUT2D eigenvalue weighted by Gasteiger charge is 2.50. The number of rotatable bonds is 6. The van der Waals surface area contributed by atoms with Crippen molar-refractivity contribution in [3.05, 3.63) is 45.8 Å². The minimum Gasteiger partial charge on any atom is -0.466 e. The predicted molar refractivity (Wildman–Crippen MR) is 164 cm³/mol. The summed E-state index contributed by atoms with van der Waals surface area (Å²) in [5.74, 6) is -0.380. The van der Waals surface area contributed by atoms with E-state index in [0.717, 1.165) is 47.9 Å². The van der Waals surface area contributed by atoms with E-state index in [0.29, 0.717) is 0 Å². The molecule has 3 heterocycles. The molecule has 0 aliphatic heterocycles. The lowest BCUT2D eigenvalue weighted by molar-refractivity contribution is -0.144. The SMILES string of the molecule is CCOC(=O)CC1(NC(=O)OCC)c2cc(-c3ccc(C(C)(C)C)c4nsnc34)sc2-c2sc(C(C)(C)C)cc21. The Labute approximate surface area is 247 Å². The molecule has 40 heavy (non-hydrogen) atoms. The molecule has 7 nitrogen and oxygen atoms in total. The summed E-state index contributed by atoms with van der Waals surface area (Å²) in [4.78, 5) is 30.4. The smallest absolute Gasteiger partial charge is 0.408 e. The second kappa shape index (κ2) is 10.2. The predicted octanol–water partition coefficient (Wildman–Crippen LogP) is 8.00. The quantitative estimate of drug-likeness (QED) is 0.227. The Hall–Kier alpha value is -2.82. The molecular weight excluding hydrogens is 563 g/mol. The lowest BCUT2D eigenvalue weighted by Gasteiger charge is -2.31. The lowest BCUT2D eigenvalue weighted by atomic mass is 9.83. The van der Waals surface area contributed by atoms with Crippen molar-refractivity contribution in [3.63, 3.8) is 0 Å². The highest BCUT2D eigenvalue weighted by Crippen LogP contribution is 2.58. The lowest BCUT2D eigenvalue weighted by Crippen LogP contribution is -2.47. The molecule has 1 unspecified atom stereocenters. The maximum Gasteiger partial charge on any atom is 0.408 e. The van der Waals surface area contributed by atoms with Gasteiger partial charge in [0, 0.05) is 26.4 Å². The average molecular weight is 598 g/mol. The largest absolute Gasteiger partial charge is 0.466 e. The van der Waals surface area contributed by atoms with Crippen molar-refractivity contribution in [1.82, 2.24) is 14.1 Å². The molecule has 1 N–H and O–H groups in total. The van der Waals surface area contributed by atoms with E-state index in [1.165, 1.54) is 16.6 Å². The van der Waals surface area contributed by atoms with Gasteiger partial charge in [0.05, 0.1) is 41.1 Å². The molecule has 0 saturated carbocycles. The van der Waals surface area contributed by atoms with Crippen molar-refractivity contribution < 1.29 is 19.1 Å². The number of carbonyl (C=O) groups excluding carboxylic acids is 2. The Bertz CT molecular complexity index is 1580. The number of ether oxygens (including phenoxy) is 2. The van der Waals surface area contributed by atoms with Gasteiger partial charge in [0.25, 0.3) is 0 Å². The van der Waals surface area contributed by atoms with E-state index in [4.69, 9.17) is 13.8 Å². The fourth-order valence-corrected chi connectivity index (χ4v) is 8.50. The number of hydrogen-bond donors (Lipinski definition) is 1. The fraction of sp³-hybridized carbons (Fsp3) is 0.467. The normalized spacial score (nSPS) is 16.6. The molecule has 1 atom stereocenters. The topological polar surface area (TPSA) is 90.4 Å². The number of aromatic nitrogens is 2. The standard InChI is InChI=1S/C30H35N3O4S3/c1-9-36-22(34)15-30(31-27(35)37-10-2)18-13-20(38-25(18)26-19(30)14-21(39-26)29(6,7)8)16-11-12-17(28(3,4)5)24-23(16)32-40-33-24/h11-14H,9-10,15H2,1-8H3,(H,31,35). The molecule has 0 bridgehead atoms. The van der Waals surface area contributed by atoms with Gasteiger partial charge >= 0.3 is 12.1 Å². The average Bonchev–Trinajstić information content (AvgIpc) is 3.62. The summed E-state index contributed by atoms with van der Waals surface area (Å²) in [6.07, 6.45) is -0.602. The number of alkyl carbamates (subject to hydrolysis) is 1. The minimum atomic E-state index is -1.11. The fourth-order valence-electron chi connectivity index (χ4n) is 5.21. The third-order valence-corrected chi connectivity index (χ3v) is 10.5. The third-order valence-electron chi connectivity index (χ3n) is 7.12. The van der Waals surface area contributed by atoms with Gasteiger partial charge in [-0.15, -0.1) is 22.7 Å². The molecule has 1 aliphatic carbocycles. The van der Waals surface area contributed by atoms with Crippen molar-refractivity contribution in [2.24, 2.45) is 0 Å². The van der Waals surface area contributed by atoms with Crippen LogP contribution in [0.4, 0.5) is 4.79 Å². The maximum atomic E-state index is 13.1. The van der Waals surface area contributed by atoms with Crippen molar-refractivity contribution >= 4 is 57.5 Å². The van der Waals surface area contributed by atoms with Gasteiger partial charge in [-0.05, 0) is 42.4 Å². The second-order valence-corrected chi connectivity index (χ2v) is 14.7. The van der Waals surface area contributed by atoms with E-state index in [1.54, 1.807) is 36.5 Å². The van der Waals surface area contributed by atoms with Gasteiger partial charge in [0.1, 0.15) is 16.6 Å². The maximum absolute atomic E-state index is 13.1. The molecule has 5 rings (SSSR count). The number of nitrogens with zero attached hydrogens (tertiary/aromatic N) is 2. The Morgan fingerprint density at radius 1 is 0.875 bits per heavy atom. The summed E-state index contributed by atoms with van der Waals surface area (Å²) >= 11 is 4.59. The van der Waals surface area contributed by atoms with Gasteiger partial charge in [-0.3, -0.25) is 4.79 Å². The second-order valence-electron chi connectivity index (χ2n) is 12.1. The monoisotopic (exact) mass is 597 g/mol. The zero-order valence-corrected chi connectivity index (χ0v) is 26.6. The first-order valence-electron chi connectivity index (χ1n) is 13.5. The van der Waals surface area contributed by atoms with Crippen LogP contribution < -0.4 is 5.32 Å². The molecule has 1 aliphatic rings. The summed E-state index contributed by atoms with van der Waals surface area (Å²) < 4.78 is 20.1. The number of benzene rings is 1. The van der Waals surface area contributed by atoms with E-state index in [2.05, 4.69) is 75.5 Å². The van der Waals surface area contributed by atoms with Crippen LogP contribution in [0.15, 0.2) is 24.3 Å². The number of nitrogens with one attached hydrogen (secondary N) is 1. The van der Waals surface area contributed by atoms with Gasteiger partial charge in [0.2, 0.25) is 0 Å². The molecular formula is C30H35N3O4S3. The van der Waals surface area contributed by atoms with Crippen LogP contribution in [0.5, 0.6) is 0 Å². The molecule has 1 amide bonds. The first kappa shape index (κ1) is 28.7. The van der Waals surface area contributed by atoms with Crippen LogP contribution in [-0.2, 0) is 30.6 Å². The van der Waals surface area contributed by atoms with Gasteiger partial charge in [-0.25, -0.2) is 4.79 Å². The third kappa shape index (κ3) is 4.84. The Morgan fingerprint density at radius 3 is 2.17 bits per heavy atom. The van der Waals surface area contributed by atoms with E-state index in [9.17, 15) is 9.59 Å². The number of carbonyl (C=O) groups is 2. The molecule has 0 fully saturated rings. The zero-order valence-electron chi connectivity index (χ0n) is 24.2. The van der Waals surface area contributed by atoms with Gasteiger partial charge in [-0.2, -0.15) is 8.75 Å². The first-order chi connectivity index (χ1) is 18.8. The molecule has 4 aromatic rings. The van der Waals surface area contributed by atoms with Crippen LogP contribution in [0.25, 0.3) is 31.2 Å². The van der Waals surface area contributed by atoms with Crippen LogP contribution in [0, 0.1) is 0 Å². The Morgan fingerprint density at radius 2 is 1.52 bits per heavy atom. The van der Waals surface area contributed by atoms with E-state index in [-0.39, 0.29) is 36.4 Å². The van der Waals surface area contributed by atoms with Crippen LogP contribution in [0.3, 0.4) is 0 Å². The highest BCUT2D eigenvalue weighted by atomic mass is 32.1. The number of esters is 1. The number of fused-ring (bicyclic) bond motifs is 4. The van der Waals surface area contributed by atoms with E-state index < -0.39 is 11.6 Å². The summed E-state index contributed by atoms with van der Waals surface area (Å²) in [5, 5.41) is 3.11. The van der Waals surface area contributed by atoms with Gasteiger partial charge in [-0.1, -0.05) is 53.7 Å². The molecule has 1 aromatic carbocycles. The van der Waals surface area contributed by atoms with E-state index in [1.807, 2.05) is 0 Å². The summed E-state index contributed by atoms with van der Waals surface area (Å²) in [7, 11) is 0. The van der Waals surface area contributed by atoms with E-state index >= 15 is 0 Å². The van der Waals surface area contributed by atoms with Crippen LogP contribution >= 0.6 is 34.4 Å². The van der Waals surface area contributed by atoms with Crippen molar-refractivity contribution in [2.45, 2.75) is 78.2 Å². The zero-order chi connectivity index (χ0) is 29.0. The summed E-state index contributed by atoms with van der Waals surface area (Å²) in [5.41, 5.74) is 4.44. The molecule has 10 heteroatoms. The van der Waals surface area contributed by atoms with Crippen molar-refractivity contribution in [1.29, 1.82) is 0 Å². The first-order valence-corrected chi connectivity index (χ1v) is 15.8. The summed E-state index contributed by atoms with van der Waals surface area (Å²) in [6.45, 7) is 17.1. The van der Waals surface area contributed by atoms with Gasteiger partial charge in [0.15, 0.2) is 0 Å². The highest BCUT2D eigenvalue weighted by molar-refractivity contribution is 7.24. The molecule has 0 saturated heterocycles. The van der Waals surface area contributed by atoms with Crippen LogP contribution in [0.1, 0.15) is 83.4 Å². The van der Waals surface area contributed by atoms with Gasteiger partial charge < -0.3 is 14.8 Å². The molecule has 212 valence electrons. The molecule has 0 radical (unpaired) electrons. The molecule has 3 aromatic heterocycles. The Balaban J connectivity index is 1.75. The summed E-state index contributed by atoms with van der Waals surface area (Å²) in [6, 6.07) is 8.49. The molecule has 0 spiro atoms. The Kier molecular flexibility index (Phi) is 7.34. The number of thiophene rings is 2. The van der Waals surface area contributed by atoms with Crippen molar-refractivity contribution in [2.75, 3.05) is 13.2 Å².